The summed E-state index contributed by atoms with van der Waals surface area (Å²) in [5.41, 5.74) is 0.551. The summed E-state index contributed by atoms with van der Waals surface area (Å²) < 4.78 is 7.15. The Balaban J connectivity index is 1.64. The largest absolute Gasteiger partial charge is 0.467 e. The van der Waals surface area contributed by atoms with E-state index in [9.17, 15) is 4.79 Å². The Bertz CT molecular complexity index is 769. The highest BCUT2D eigenvalue weighted by Gasteiger charge is 2.18. The molecular formula is C16H14Cl2N4O2. The fourth-order valence-electron chi connectivity index (χ4n) is 2.21. The number of halogens is 2. The maximum atomic E-state index is 12.1. The van der Waals surface area contributed by atoms with E-state index < -0.39 is 0 Å². The van der Waals surface area contributed by atoms with E-state index in [2.05, 4.69) is 15.7 Å². The number of anilines is 1. The molecule has 2 N–H and O–H groups in total. The topological polar surface area (TPSA) is 72.1 Å². The van der Waals surface area contributed by atoms with Crippen LogP contribution in [0.1, 0.15) is 11.8 Å². The second kappa shape index (κ2) is 7.42. The lowest BCUT2D eigenvalue weighted by Crippen LogP contribution is -2.34. The summed E-state index contributed by atoms with van der Waals surface area (Å²) in [6.07, 6.45) is 5.07. The van der Waals surface area contributed by atoms with Crippen molar-refractivity contribution in [1.29, 1.82) is 0 Å². The predicted octanol–water partition coefficient (Wildman–Crippen LogP) is 4.19. The molecule has 0 bridgehead atoms. The van der Waals surface area contributed by atoms with Gasteiger partial charge in [-0.2, -0.15) is 5.10 Å². The van der Waals surface area contributed by atoms with Crippen molar-refractivity contribution in [3.8, 4) is 0 Å². The van der Waals surface area contributed by atoms with Crippen LogP contribution < -0.4 is 10.6 Å². The molecule has 24 heavy (non-hydrogen) atoms. The van der Waals surface area contributed by atoms with Crippen molar-refractivity contribution in [2.75, 3.05) is 11.9 Å². The van der Waals surface area contributed by atoms with Gasteiger partial charge in [-0.05, 0) is 36.4 Å². The molecule has 1 atom stereocenters. The van der Waals surface area contributed by atoms with Gasteiger partial charge in [0.25, 0.3) is 0 Å². The molecule has 3 aromatic rings. The number of carbonyl (C=O) groups is 1. The molecule has 2 aromatic heterocycles. The minimum absolute atomic E-state index is 0.241. The molecule has 6 nitrogen and oxygen atoms in total. The van der Waals surface area contributed by atoms with Gasteiger partial charge in [-0.25, -0.2) is 4.79 Å². The molecule has 1 unspecified atom stereocenters. The first-order chi connectivity index (χ1) is 11.6. The van der Waals surface area contributed by atoms with Crippen LogP contribution >= 0.6 is 23.2 Å². The molecular weight excluding hydrogens is 351 g/mol. The van der Waals surface area contributed by atoms with Crippen LogP contribution in [0, 0.1) is 0 Å². The van der Waals surface area contributed by atoms with Gasteiger partial charge < -0.3 is 15.1 Å². The van der Waals surface area contributed by atoms with Gasteiger partial charge in [-0.15, -0.1) is 0 Å². The summed E-state index contributed by atoms with van der Waals surface area (Å²) in [6.45, 7) is 0.308. The Morgan fingerprint density at radius 2 is 2.12 bits per heavy atom. The molecule has 0 aliphatic heterocycles. The average Bonchev–Trinajstić information content (AvgIpc) is 3.25. The number of nitrogens with one attached hydrogen (secondary N) is 2. The number of furan rings is 1. The quantitative estimate of drug-likeness (QED) is 0.712. The number of hydrogen-bond donors (Lipinski definition) is 2. The van der Waals surface area contributed by atoms with E-state index >= 15 is 0 Å². The molecule has 0 spiro atoms. The lowest BCUT2D eigenvalue weighted by Gasteiger charge is -2.16. The molecule has 0 aliphatic carbocycles. The van der Waals surface area contributed by atoms with E-state index in [4.69, 9.17) is 27.6 Å². The first kappa shape index (κ1) is 16.4. The molecule has 124 valence electrons. The summed E-state index contributed by atoms with van der Waals surface area (Å²) in [4.78, 5) is 12.1. The zero-order chi connectivity index (χ0) is 16.9. The Hall–Kier alpha value is -2.44. The number of aromatic nitrogens is 2. The normalized spacial score (nSPS) is 11.9. The maximum Gasteiger partial charge on any atom is 0.319 e. The molecule has 0 saturated heterocycles. The molecule has 0 saturated carbocycles. The summed E-state index contributed by atoms with van der Waals surface area (Å²) in [7, 11) is 0. The van der Waals surface area contributed by atoms with Crippen molar-refractivity contribution in [3.05, 3.63) is 70.9 Å². The Morgan fingerprint density at radius 1 is 1.25 bits per heavy atom. The molecule has 3 rings (SSSR count). The van der Waals surface area contributed by atoms with Gasteiger partial charge in [-0.3, -0.25) is 4.68 Å². The van der Waals surface area contributed by atoms with Crippen LogP contribution in [0.15, 0.2) is 59.5 Å². The van der Waals surface area contributed by atoms with Crippen molar-refractivity contribution in [2.24, 2.45) is 0 Å². The van der Waals surface area contributed by atoms with Gasteiger partial charge in [0.2, 0.25) is 0 Å². The van der Waals surface area contributed by atoms with E-state index in [1.807, 2.05) is 18.3 Å². The fourth-order valence-corrected chi connectivity index (χ4v) is 2.51. The molecule has 2 heterocycles. The van der Waals surface area contributed by atoms with Gasteiger partial charge in [0.15, 0.2) is 0 Å². The Kier molecular flexibility index (Phi) is 5.08. The zero-order valence-corrected chi connectivity index (χ0v) is 14.0. The van der Waals surface area contributed by atoms with Crippen molar-refractivity contribution in [1.82, 2.24) is 15.1 Å². The van der Waals surface area contributed by atoms with Gasteiger partial charge in [0.05, 0.1) is 16.3 Å². The zero-order valence-electron chi connectivity index (χ0n) is 12.4. The number of benzene rings is 1. The summed E-state index contributed by atoms with van der Waals surface area (Å²) in [5.74, 6) is 0.702. The van der Waals surface area contributed by atoms with Crippen LogP contribution in [0.3, 0.4) is 0 Å². The average molecular weight is 365 g/mol. The minimum Gasteiger partial charge on any atom is -0.467 e. The molecule has 8 heteroatoms. The van der Waals surface area contributed by atoms with Crippen LogP contribution in [-0.4, -0.2) is 22.4 Å². The number of nitrogens with zero attached hydrogens (tertiary/aromatic N) is 2. The standard InChI is InChI=1S/C16H14Cl2N4O2/c17-12-5-4-11(9-13(12)18)21-16(23)19-10-14(15-3-1-8-24-15)22-7-2-6-20-22/h1-9,14H,10H2,(H2,19,21,23). The van der Waals surface area contributed by atoms with Crippen molar-refractivity contribution in [3.63, 3.8) is 0 Å². The SMILES string of the molecule is O=C(NCC(c1ccco1)n1cccn1)Nc1ccc(Cl)c(Cl)c1. The van der Waals surface area contributed by atoms with Crippen molar-refractivity contribution in [2.45, 2.75) is 6.04 Å². The summed E-state index contributed by atoms with van der Waals surface area (Å²) in [6, 6.07) is 9.71. The van der Waals surface area contributed by atoms with Gasteiger partial charge in [-0.1, -0.05) is 23.2 Å². The number of amides is 2. The molecule has 2 amide bonds. The molecule has 0 fully saturated rings. The molecule has 1 aromatic carbocycles. The molecule has 0 radical (unpaired) electrons. The highest BCUT2D eigenvalue weighted by Crippen LogP contribution is 2.25. The summed E-state index contributed by atoms with van der Waals surface area (Å²) in [5, 5.41) is 10.5. The fraction of sp³-hybridized carbons (Fsp3) is 0.125. The third kappa shape index (κ3) is 3.90. The highest BCUT2D eigenvalue weighted by molar-refractivity contribution is 6.42. The van der Waals surface area contributed by atoms with Crippen LogP contribution in [0.2, 0.25) is 10.0 Å². The third-order valence-corrected chi connectivity index (χ3v) is 4.09. The lowest BCUT2D eigenvalue weighted by atomic mass is 10.2. The van der Waals surface area contributed by atoms with Gasteiger partial charge in [0, 0.05) is 24.6 Å². The number of carbonyl (C=O) groups excluding carboxylic acids is 1. The number of hydrogen-bond acceptors (Lipinski definition) is 3. The molecule has 0 aliphatic rings. The maximum absolute atomic E-state index is 12.1. The van der Waals surface area contributed by atoms with Crippen molar-refractivity contribution < 1.29 is 9.21 Å². The first-order valence-corrected chi connectivity index (χ1v) is 7.91. The Labute approximate surface area is 148 Å². The van der Waals surface area contributed by atoms with E-state index in [0.29, 0.717) is 28.0 Å². The second-order valence-corrected chi connectivity index (χ2v) is 5.80. The predicted molar refractivity (Wildman–Crippen MR) is 92.6 cm³/mol. The van der Waals surface area contributed by atoms with Crippen LogP contribution in [0.25, 0.3) is 0 Å². The van der Waals surface area contributed by atoms with E-state index in [1.165, 1.54) is 0 Å². The van der Waals surface area contributed by atoms with Gasteiger partial charge >= 0.3 is 6.03 Å². The second-order valence-electron chi connectivity index (χ2n) is 4.98. The van der Waals surface area contributed by atoms with E-state index in [0.717, 1.165) is 0 Å². The highest BCUT2D eigenvalue weighted by atomic mass is 35.5. The van der Waals surface area contributed by atoms with Crippen molar-refractivity contribution >= 4 is 34.9 Å². The lowest BCUT2D eigenvalue weighted by molar-refractivity contribution is 0.250. The first-order valence-electron chi connectivity index (χ1n) is 7.16. The van der Waals surface area contributed by atoms with E-state index in [1.54, 1.807) is 41.4 Å². The number of urea groups is 1. The summed E-state index contributed by atoms with van der Waals surface area (Å²) >= 11 is 11.8. The third-order valence-electron chi connectivity index (χ3n) is 3.35. The van der Waals surface area contributed by atoms with Crippen LogP contribution in [0.5, 0.6) is 0 Å². The number of rotatable bonds is 5. The minimum atomic E-state index is -0.364. The Morgan fingerprint density at radius 3 is 2.79 bits per heavy atom. The van der Waals surface area contributed by atoms with E-state index in [-0.39, 0.29) is 12.1 Å². The van der Waals surface area contributed by atoms with Crippen LogP contribution in [0.4, 0.5) is 10.5 Å². The van der Waals surface area contributed by atoms with Crippen LogP contribution in [-0.2, 0) is 0 Å². The van der Waals surface area contributed by atoms with Gasteiger partial charge in [0.1, 0.15) is 11.8 Å². The monoisotopic (exact) mass is 364 g/mol. The smallest absolute Gasteiger partial charge is 0.319 e.